The molecule has 1 saturated carbocycles. The Hall–Kier alpha value is -3.19. The summed E-state index contributed by atoms with van der Waals surface area (Å²) in [7, 11) is 0. The molecule has 0 spiro atoms. The Labute approximate surface area is 206 Å². The first-order valence-electron chi connectivity index (χ1n) is 12.6. The Balaban J connectivity index is 1.19. The minimum Gasteiger partial charge on any atom is -0.450 e. The number of aryl methyl sites for hydroxylation is 2. The van der Waals surface area contributed by atoms with Crippen LogP contribution in [0.4, 0.5) is 4.79 Å². The SMILES string of the molecule is Cc1ccc(C2(CCc3nc(-c4ccc(CN5CC(OC(=O)O)C5)cc4)no3)CCCCC2)cc1. The Morgan fingerprint density at radius 2 is 1.80 bits per heavy atom. The lowest BCUT2D eigenvalue weighted by Gasteiger charge is -2.38. The van der Waals surface area contributed by atoms with Crippen molar-refractivity contribution in [1.29, 1.82) is 0 Å². The van der Waals surface area contributed by atoms with Crippen molar-refractivity contribution in [3.63, 3.8) is 0 Å². The van der Waals surface area contributed by atoms with E-state index in [0.717, 1.165) is 30.5 Å². The number of nitrogens with zero attached hydrogens (tertiary/aromatic N) is 3. The molecule has 0 unspecified atom stereocenters. The lowest BCUT2D eigenvalue weighted by atomic mass is 9.67. The van der Waals surface area contributed by atoms with Crippen LogP contribution in [-0.4, -0.2) is 45.5 Å². The molecule has 7 nitrogen and oxygen atoms in total. The number of likely N-dealkylation sites (tertiary alicyclic amines) is 1. The Bertz CT molecular complexity index is 1130. The zero-order chi connectivity index (χ0) is 24.3. The lowest BCUT2D eigenvalue weighted by Crippen LogP contribution is -2.52. The van der Waals surface area contributed by atoms with E-state index in [9.17, 15) is 4.79 Å². The fourth-order valence-electron chi connectivity index (χ4n) is 5.52. The normalized spacial score (nSPS) is 18.2. The van der Waals surface area contributed by atoms with E-state index in [4.69, 9.17) is 19.4 Å². The molecule has 184 valence electrons. The van der Waals surface area contributed by atoms with E-state index in [0.29, 0.717) is 24.8 Å². The Morgan fingerprint density at radius 1 is 1.09 bits per heavy atom. The second kappa shape index (κ2) is 10.2. The van der Waals surface area contributed by atoms with E-state index in [1.807, 2.05) is 12.1 Å². The molecule has 0 amide bonds. The van der Waals surface area contributed by atoms with Gasteiger partial charge in [-0.2, -0.15) is 4.98 Å². The van der Waals surface area contributed by atoms with Gasteiger partial charge in [0.25, 0.3) is 0 Å². The van der Waals surface area contributed by atoms with E-state index in [-0.39, 0.29) is 11.5 Å². The maximum Gasteiger partial charge on any atom is 0.506 e. The quantitative estimate of drug-likeness (QED) is 0.414. The molecule has 2 aliphatic rings. The Morgan fingerprint density at radius 3 is 2.49 bits per heavy atom. The molecule has 2 fully saturated rings. The number of rotatable bonds is 8. The molecule has 0 radical (unpaired) electrons. The molecule has 2 heterocycles. The van der Waals surface area contributed by atoms with Crippen LogP contribution >= 0.6 is 0 Å². The van der Waals surface area contributed by atoms with Crippen LogP contribution in [0.2, 0.25) is 0 Å². The topological polar surface area (TPSA) is 88.7 Å². The fraction of sp³-hybridized carbons (Fsp3) is 0.464. The second-order valence-corrected chi connectivity index (χ2v) is 10.1. The van der Waals surface area contributed by atoms with Gasteiger partial charge in [0.15, 0.2) is 0 Å². The summed E-state index contributed by atoms with van der Waals surface area (Å²) in [4.78, 5) is 17.5. The maximum absolute atomic E-state index is 10.6. The van der Waals surface area contributed by atoms with Gasteiger partial charge < -0.3 is 14.4 Å². The molecular formula is C28H33N3O4. The van der Waals surface area contributed by atoms with Gasteiger partial charge in [-0.3, -0.25) is 4.90 Å². The first-order valence-corrected chi connectivity index (χ1v) is 12.6. The number of benzene rings is 2. The number of carboxylic acid groups (broad SMARTS) is 1. The number of carbonyl (C=O) groups is 1. The van der Waals surface area contributed by atoms with Gasteiger partial charge >= 0.3 is 6.16 Å². The number of hydrogen-bond acceptors (Lipinski definition) is 6. The monoisotopic (exact) mass is 475 g/mol. The highest BCUT2D eigenvalue weighted by atomic mass is 16.7. The summed E-state index contributed by atoms with van der Waals surface area (Å²) in [6.45, 7) is 4.17. The van der Waals surface area contributed by atoms with E-state index in [1.54, 1.807) is 0 Å². The average Bonchev–Trinajstić information content (AvgIpc) is 3.32. The van der Waals surface area contributed by atoms with Gasteiger partial charge in [0.2, 0.25) is 11.7 Å². The summed E-state index contributed by atoms with van der Waals surface area (Å²) in [5.74, 6) is 1.32. The molecule has 1 N–H and O–H groups in total. The number of aromatic nitrogens is 2. The highest BCUT2D eigenvalue weighted by molar-refractivity contribution is 5.57. The summed E-state index contributed by atoms with van der Waals surface area (Å²) < 4.78 is 10.4. The van der Waals surface area contributed by atoms with Crippen molar-refractivity contribution in [3.8, 4) is 11.4 Å². The van der Waals surface area contributed by atoms with Gasteiger partial charge in [-0.25, -0.2) is 4.79 Å². The molecule has 3 aromatic rings. The third-order valence-electron chi connectivity index (χ3n) is 7.57. The van der Waals surface area contributed by atoms with E-state index in [1.165, 1.54) is 43.2 Å². The van der Waals surface area contributed by atoms with Crippen molar-refractivity contribution < 1.29 is 19.2 Å². The van der Waals surface area contributed by atoms with Crippen LogP contribution in [-0.2, 0) is 23.1 Å². The smallest absolute Gasteiger partial charge is 0.450 e. The van der Waals surface area contributed by atoms with E-state index >= 15 is 0 Å². The zero-order valence-electron chi connectivity index (χ0n) is 20.3. The largest absolute Gasteiger partial charge is 0.506 e. The van der Waals surface area contributed by atoms with Crippen LogP contribution in [0.15, 0.2) is 53.1 Å². The van der Waals surface area contributed by atoms with Crippen molar-refractivity contribution in [3.05, 3.63) is 71.1 Å². The molecule has 0 atom stereocenters. The van der Waals surface area contributed by atoms with Crippen molar-refractivity contribution in [2.24, 2.45) is 0 Å². The fourth-order valence-corrected chi connectivity index (χ4v) is 5.52. The van der Waals surface area contributed by atoms with Crippen molar-refractivity contribution in [2.75, 3.05) is 13.1 Å². The van der Waals surface area contributed by atoms with E-state index < -0.39 is 6.16 Å². The van der Waals surface area contributed by atoms with Crippen molar-refractivity contribution in [2.45, 2.75) is 69.9 Å². The van der Waals surface area contributed by atoms with Gasteiger partial charge in [0, 0.05) is 31.6 Å². The molecule has 1 aliphatic heterocycles. The van der Waals surface area contributed by atoms with Gasteiger partial charge in [0.1, 0.15) is 6.10 Å². The molecule has 2 aromatic carbocycles. The summed E-state index contributed by atoms with van der Waals surface area (Å²) in [5, 5.41) is 12.9. The highest BCUT2D eigenvalue weighted by Gasteiger charge is 2.34. The van der Waals surface area contributed by atoms with Crippen LogP contribution in [0.1, 0.15) is 61.1 Å². The molecule has 7 heteroatoms. The third-order valence-corrected chi connectivity index (χ3v) is 7.57. The molecule has 1 aliphatic carbocycles. The van der Waals surface area contributed by atoms with Crippen LogP contribution in [0.3, 0.4) is 0 Å². The standard InChI is InChI=1S/C28H33N3O4/c1-20-5-11-23(12-6-20)28(14-3-2-4-15-28)16-13-25-29-26(30-35-25)22-9-7-21(8-10-22)17-31-18-24(19-31)34-27(32)33/h5-12,24H,2-4,13-19H2,1H3,(H,32,33). The summed E-state index contributed by atoms with van der Waals surface area (Å²) in [5.41, 5.74) is 5.04. The Kier molecular flexibility index (Phi) is 6.86. The minimum absolute atomic E-state index is 0.202. The van der Waals surface area contributed by atoms with Gasteiger partial charge in [-0.1, -0.05) is 78.5 Å². The summed E-state index contributed by atoms with van der Waals surface area (Å²) in [6.07, 6.45) is 6.71. The maximum atomic E-state index is 10.6. The molecule has 1 aromatic heterocycles. The summed E-state index contributed by atoms with van der Waals surface area (Å²) in [6, 6.07) is 17.2. The van der Waals surface area contributed by atoms with Crippen LogP contribution in [0, 0.1) is 6.92 Å². The van der Waals surface area contributed by atoms with Gasteiger partial charge in [0.05, 0.1) is 0 Å². The predicted molar refractivity (Wildman–Crippen MR) is 132 cm³/mol. The molecule has 5 rings (SSSR count). The molecule has 35 heavy (non-hydrogen) atoms. The number of ether oxygens (including phenoxy) is 1. The van der Waals surface area contributed by atoms with E-state index in [2.05, 4.69) is 53.4 Å². The first kappa shape index (κ1) is 23.5. The van der Waals surface area contributed by atoms with Crippen molar-refractivity contribution >= 4 is 6.16 Å². The van der Waals surface area contributed by atoms with Gasteiger partial charge in [-0.15, -0.1) is 0 Å². The lowest BCUT2D eigenvalue weighted by molar-refractivity contribution is -0.0363. The molecular weight excluding hydrogens is 442 g/mol. The minimum atomic E-state index is -1.21. The molecule has 0 bridgehead atoms. The summed E-state index contributed by atoms with van der Waals surface area (Å²) >= 11 is 0. The first-order chi connectivity index (χ1) is 17.0. The average molecular weight is 476 g/mol. The van der Waals surface area contributed by atoms with Crippen molar-refractivity contribution in [1.82, 2.24) is 15.0 Å². The van der Waals surface area contributed by atoms with Gasteiger partial charge in [-0.05, 0) is 42.7 Å². The molecule has 1 saturated heterocycles. The number of hydrogen-bond donors (Lipinski definition) is 1. The van der Waals surface area contributed by atoms with Crippen LogP contribution in [0.5, 0.6) is 0 Å². The predicted octanol–water partition coefficient (Wildman–Crippen LogP) is 5.76. The zero-order valence-corrected chi connectivity index (χ0v) is 20.3. The highest BCUT2D eigenvalue weighted by Crippen LogP contribution is 2.43. The second-order valence-electron chi connectivity index (χ2n) is 10.1. The third kappa shape index (κ3) is 5.56. The van der Waals surface area contributed by atoms with Crippen LogP contribution in [0.25, 0.3) is 11.4 Å². The van der Waals surface area contributed by atoms with Crippen LogP contribution < -0.4 is 0 Å².